The summed E-state index contributed by atoms with van der Waals surface area (Å²) in [6, 6.07) is 11.8. The molecule has 0 spiro atoms. The van der Waals surface area contributed by atoms with E-state index in [0.29, 0.717) is 23.9 Å². The van der Waals surface area contributed by atoms with Crippen LogP contribution in [0.15, 0.2) is 42.6 Å². The fourth-order valence-corrected chi connectivity index (χ4v) is 3.29. The molecule has 2 heterocycles. The van der Waals surface area contributed by atoms with Crippen molar-refractivity contribution in [2.75, 3.05) is 7.11 Å². The standard InChI is InChI=1S/C20H17N3O4/c1-13-15(7-5-10-21)22-11-4-3-6-16(22)19(13)20(24)14-8-9-18(27-2)17(12-14)23(25)26/h3-4,6,8-9,11-12H,5,7H2,1-2H3. The van der Waals surface area contributed by atoms with Gasteiger partial charge >= 0.3 is 5.69 Å². The van der Waals surface area contributed by atoms with E-state index in [2.05, 4.69) is 6.07 Å². The summed E-state index contributed by atoms with van der Waals surface area (Å²) in [7, 11) is 1.34. The maximum absolute atomic E-state index is 13.2. The van der Waals surface area contributed by atoms with Crippen LogP contribution in [0.25, 0.3) is 5.52 Å². The van der Waals surface area contributed by atoms with E-state index in [1.165, 1.54) is 25.3 Å². The van der Waals surface area contributed by atoms with Gasteiger partial charge in [-0.05, 0) is 36.8 Å². The summed E-state index contributed by atoms with van der Waals surface area (Å²) < 4.78 is 6.90. The number of hydrogen-bond acceptors (Lipinski definition) is 5. The lowest BCUT2D eigenvalue weighted by Crippen LogP contribution is -2.04. The lowest BCUT2D eigenvalue weighted by Gasteiger charge is -2.05. The van der Waals surface area contributed by atoms with E-state index in [1.807, 2.05) is 35.7 Å². The number of nitriles is 1. The number of nitro benzene ring substituents is 1. The zero-order valence-electron chi connectivity index (χ0n) is 14.9. The second-order valence-electron chi connectivity index (χ2n) is 6.03. The number of rotatable bonds is 6. The first-order valence-electron chi connectivity index (χ1n) is 8.32. The molecule has 0 amide bonds. The molecule has 2 aromatic heterocycles. The molecule has 0 atom stereocenters. The number of carbonyl (C=O) groups excluding carboxylic acids is 1. The van der Waals surface area contributed by atoms with Gasteiger partial charge in [0.25, 0.3) is 0 Å². The van der Waals surface area contributed by atoms with Crippen LogP contribution in [0.5, 0.6) is 5.75 Å². The van der Waals surface area contributed by atoms with Gasteiger partial charge in [-0.2, -0.15) is 5.26 Å². The summed E-state index contributed by atoms with van der Waals surface area (Å²) >= 11 is 0. The number of aromatic nitrogens is 1. The Bertz CT molecular complexity index is 1090. The first-order chi connectivity index (χ1) is 13.0. The van der Waals surface area contributed by atoms with Crippen molar-refractivity contribution in [2.24, 2.45) is 0 Å². The number of hydrogen-bond donors (Lipinski definition) is 0. The molecule has 0 aliphatic heterocycles. The van der Waals surface area contributed by atoms with Crippen LogP contribution in [-0.2, 0) is 6.42 Å². The highest BCUT2D eigenvalue weighted by Gasteiger charge is 2.24. The second-order valence-corrected chi connectivity index (χ2v) is 6.03. The smallest absolute Gasteiger partial charge is 0.311 e. The molecule has 7 nitrogen and oxygen atoms in total. The van der Waals surface area contributed by atoms with Crippen molar-refractivity contribution in [2.45, 2.75) is 19.8 Å². The van der Waals surface area contributed by atoms with Crippen molar-refractivity contribution in [3.63, 3.8) is 0 Å². The normalized spacial score (nSPS) is 10.6. The third-order valence-corrected chi connectivity index (χ3v) is 4.55. The first kappa shape index (κ1) is 18.1. The van der Waals surface area contributed by atoms with Gasteiger partial charge in [0.15, 0.2) is 11.5 Å². The summed E-state index contributed by atoms with van der Waals surface area (Å²) in [4.78, 5) is 23.9. The monoisotopic (exact) mass is 363 g/mol. The molecule has 0 bridgehead atoms. The molecule has 0 fully saturated rings. The molecule has 3 aromatic rings. The Balaban J connectivity index is 2.17. The Morgan fingerprint density at radius 3 is 2.78 bits per heavy atom. The van der Waals surface area contributed by atoms with E-state index in [9.17, 15) is 14.9 Å². The van der Waals surface area contributed by atoms with Gasteiger partial charge in [-0.3, -0.25) is 14.9 Å². The fourth-order valence-electron chi connectivity index (χ4n) is 3.29. The van der Waals surface area contributed by atoms with E-state index < -0.39 is 4.92 Å². The number of nitro groups is 1. The molecule has 0 unspecified atom stereocenters. The van der Waals surface area contributed by atoms with Crippen LogP contribution in [-0.4, -0.2) is 22.2 Å². The van der Waals surface area contributed by atoms with E-state index in [-0.39, 0.29) is 22.8 Å². The van der Waals surface area contributed by atoms with Crippen LogP contribution in [0, 0.1) is 28.4 Å². The highest BCUT2D eigenvalue weighted by atomic mass is 16.6. The predicted octanol–water partition coefficient (Wildman–Crippen LogP) is 3.85. The number of methoxy groups -OCH3 is 1. The molecular formula is C20H17N3O4. The van der Waals surface area contributed by atoms with E-state index >= 15 is 0 Å². The highest BCUT2D eigenvalue weighted by molar-refractivity contribution is 6.15. The fraction of sp³-hybridized carbons (Fsp3) is 0.200. The third kappa shape index (κ3) is 3.13. The molecule has 1 aromatic carbocycles. The number of nitrogens with zero attached hydrogens (tertiary/aromatic N) is 3. The molecule has 3 rings (SSSR count). The summed E-state index contributed by atoms with van der Waals surface area (Å²) in [6.45, 7) is 1.84. The van der Waals surface area contributed by atoms with Crippen LogP contribution < -0.4 is 4.74 Å². The Labute approximate surface area is 155 Å². The number of benzene rings is 1. The highest BCUT2D eigenvalue weighted by Crippen LogP contribution is 2.31. The van der Waals surface area contributed by atoms with Crippen LogP contribution in [0.2, 0.25) is 0 Å². The van der Waals surface area contributed by atoms with E-state index in [4.69, 9.17) is 10.00 Å². The van der Waals surface area contributed by atoms with Crippen molar-refractivity contribution >= 4 is 17.0 Å². The van der Waals surface area contributed by atoms with Gasteiger partial charge in [0.05, 0.1) is 29.2 Å². The summed E-state index contributed by atoms with van der Waals surface area (Å²) in [5.41, 5.74) is 2.83. The van der Waals surface area contributed by atoms with Crippen LogP contribution in [0.4, 0.5) is 5.69 Å². The number of ketones is 1. The number of aryl methyl sites for hydroxylation is 1. The summed E-state index contributed by atoms with van der Waals surface area (Å²) in [5.74, 6) is -0.199. The van der Waals surface area contributed by atoms with Gasteiger partial charge in [0, 0.05) is 36.4 Å². The summed E-state index contributed by atoms with van der Waals surface area (Å²) in [5, 5.41) is 20.2. The molecule has 0 radical (unpaired) electrons. The number of carbonyl (C=O) groups is 1. The predicted molar refractivity (Wildman–Crippen MR) is 99.1 cm³/mol. The molecule has 0 aliphatic carbocycles. The number of pyridine rings is 1. The maximum Gasteiger partial charge on any atom is 0.311 e. The average Bonchev–Trinajstić information content (AvgIpc) is 2.96. The van der Waals surface area contributed by atoms with Gasteiger partial charge < -0.3 is 9.14 Å². The van der Waals surface area contributed by atoms with Crippen molar-refractivity contribution < 1.29 is 14.5 Å². The Hall–Kier alpha value is -3.66. The Kier molecular flexibility index (Phi) is 4.90. The minimum absolute atomic E-state index is 0.102. The van der Waals surface area contributed by atoms with Gasteiger partial charge in [0.2, 0.25) is 0 Å². The van der Waals surface area contributed by atoms with Crippen molar-refractivity contribution in [3.8, 4) is 11.8 Å². The molecule has 27 heavy (non-hydrogen) atoms. The Morgan fingerprint density at radius 1 is 1.33 bits per heavy atom. The van der Waals surface area contributed by atoms with Crippen LogP contribution >= 0.6 is 0 Å². The topological polar surface area (TPSA) is 97.6 Å². The molecule has 0 N–H and O–H groups in total. The van der Waals surface area contributed by atoms with Crippen molar-refractivity contribution in [1.29, 1.82) is 5.26 Å². The Morgan fingerprint density at radius 2 is 2.11 bits per heavy atom. The zero-order valence-corrected chi connectivity index (χ0v) is 14.9. The van der Waals surface area contributed by atoms with E-state index in [1.54, 1.807) is 0 Å². The minimum Gasteiger partial charge on any atom is -0.490 e. The lowest BCUT2D eigenvalue weighted by molar-refractivity contribution is -0.385. The first-order valence-corrected chi connectivity index (χ1v) is 8.32. The largest absolute Gasteiger partial charge is 0.490 e. The van der Waals surface area contributed by atoms with Crippen LogP contribution in [0.3, 0.4) is 0 Å². The number of ether oxygens (including phenoxy) is 1. The summed E-state index contributed by atoms with van der Waals surface area (Å²) in [6.07, 6.45) is 2.70. The molecule has 0 saturated heterocycles. The maximum atomic E-state index is 13.2. The zero-order chi connectivity index (χ0) is 19.6. The van der Waals surface area contributed by atoms with Gasteiger partial charge in [0.1, 0.15) is 0 Å². The lowest BCUT2D eigenvalue weighted by atomic mass is 9.99. The molecule has 0 aliphatic rings. The van der Waals surface area contributed by atoms with Gasteiger partial charge in [-0.25, -0.2) is 0 Å². The molecule has 7 heteroatoms. The number of fused-ring (bicyclic) bond motifs is 1. The molecule has 136 valence electrons. The SMILES string of the molecule is COc1ccc(C(=O)c2c(C)c(CCC#N)n3ccccc23)cc1[N+](=O)[O-]. The van der Waals surface area contributed by atoms with Crippen molar-refractivity contribution in [3.05, 3.63) is 75.1 Å². The van der Waals surface area contributed by atoms with Gasteiger partial charge in [-0.1, -0.05) is 6.07 Å². The minimum atomic E-state index is -0.571. The molecular weight excluding hydrogens is 346 g/mol. The third-order valence-electron chi connectivity index (χ3n) is 4.55. The molecule has 0 saturated carbocycles. The van der Waals surface area contributed by atoms with E-state index in [0.717, 1.165) is 11.3 Å². The van der Waals surface area contributed by atoms with Crippen molar-refractivity contribution in [1.82, 2.24) is 4.40 Å². The van der Waals surface area contributed by atoms with Crippen LogP contribution in [0.1, 0.15) is 33.6 Å². The quantitative estimate of drug-likeness (QED) is 0.376. The average molecular weight is 363 g/mol. The van der Waals surface area contributed by atoms with Gasteiger partial charge in [-0.15, -0.1) is 0 Å². The second kappa shape index (κ2) is 7.30.